The number of rotatable bonds is 9. The van der Waals surface area contributed by atoms with Gasteiger partial charge in [-0.2, -0.15) is 0 Å². The molecule has 2 nitrogen and oxygen atoms in total. The molecule has 1 unspecified atom stereocenters. The van der Waals surface area contributed by atoms with Gasteiger partial charge in [-0.1, -0.05) is 51.9 Å². The molecule has 0 rings (SSSR count). The van der Waals surface area contributed by atoms with Gasteiger partial charge >= 0.3 is 0 Å². The normalized spacial score (nSPS) is 15.1. The molecule has 0 aliphatic heterocycles. The van der Waals surface area contributed by atoms with Crippen molar-refractivity contribution in [3.8, 4) is 0 Å². The second-order valence-electron chi connectivity index (χ2n) is 4.35. The molecule has 0 bridgehead atoms. The van der Waals surface area contributed by atoms with Gasteiger partial charge in [-0.3, -0.25) is 0 Å². The third-order valence-electron chi connectivity index (χ3n) is 2.54. The zero-order valence-corrected chi connectivity index (χ0v) is 9.59. The molecule has 0 saturated heterocycles. The van der Waals surface area contributed by atoms with Crippen LogP contribution in [0.15, 0.2) is 0 Å². The standard InChI is InChI=1S/C12H24O2/c1-3-4-5-6-7-8-9-10-12(2,14)11-13/h11,14H,3-10H2,1-2H3. The Morgan fingerprint density at radius 1 is 1.07 bits per heavy atom. The quantitative estimate of drug-likeness (QED) is 0.459. The highest BCUT2D eigenvalue weighted by atomic mass is 16.3. The van der Waals surface area contributed by atoms with Gasteiger partial charge in [0.25, 0.3) is 0 Å². The molecule has 0 fully saturated rings. The van der Waals surface area contributed by atoms with Crippen LogP contribution in [-0.4, -0.2) is 17.0 Å². The van der Waals surface area contributed by atoms with Crippen molar-refractivity contribution in [3.05, 3.63) is 0 Å². The molecular formula is C12H24O2. The van der Waals surface area contributed by atoms with Gasteiger partial charge in [0.1, 0.15) is 5.60 Å². The molecule has 0 aromatic heterocycles. The molecule has 0 amide bonds. The van der Waals surface area contributed by atoms with E-state index in [1.165, 1.54) is 32.1 Å². The van der Waals surface area contributed by atoms with Gasteiger partial charge in [0.15, 0.2) is 6.29 Å². The molecule has 2 heteroatoms. The van der Waals surface area contributed by atoms with Crippen LogP contribution in [0.1, 0.15) is 65.2 Å². The summed E-state index contributed by atoms with van der Waals surface area (Å²) in [7, 11) is 0. The van der Waals surface area contributed by atoms with Crippen molar-refractivity contribution in [3.63, 3.8) is 0 Å². The Kier molecular flexibility index (Phi) is 7.77. The average molecular weight is 200 g/mol. The van der Waals surface area contributed by atoms with E-state index < -0.39 is 5.60 Å². The zero-order chi connectivity index (χ0) is 10.9. The molecule has 0 aliphatic carbocycles. The first-order chi connectivity index (χ1) is 6.62. The second kappa shape index (κ2) is 7.98. The van der Waals surface area contributed by atoms with Gasteiger partial charge in [0.2, 0.25) is 0 Å². The van der Waals surface area contributed by atoms with Crippen LogP contribution >= 0.6 is 0 Å². The van der Waals surface area contributed by atoms with Crippen molar-refractivity contribution in [2.45, 2.75) is 70.8 Å². The van der Waals surface area contributed by atoms with Crippen LogP contribution in [-0.2, 0) is 4.79 Å². The third-order valence-corrected chi connectivity index (χ3v) is 2.54. The highest BCUT2D eigenvalue weighted by Crippen LogP contribution is 2.14. The second-order valence-corrected chi connectivity index (χ2v) is 4.35. The first kappa shape index (κ1) is 13.6. The fourth-order valence-electron chi connectivity index (χ4n) is 1.50. The van der Waals surface area contributed by atoms with Gasteiger partial charge in [-0.15, -0.1) is 0 Å². The van der Waals surface area contributed by atoms with Crippen molar-refractivity contribution in [1.29, 1.82) is 0 Å². The third kappa shape index (κ3) is 8.24. The molecule has 84 valence electrons. The molecule has 1 atom stereocenters. The zero-order valence-electron chi connectivity index (χ0n) is 9.59. The molecule has 0 aromatic rings. The highest BCUT2D eigenvalue weighted by molar-refractivity contribution is 5.60. The van der Waals surface area contributed by atoms with Crippen molar-refractivity contribution >= 4 is 6.29 Å². The summed E-state index contributed by atoms with van der Waals surface area (Å²) in [6, 6.07) is 0. The first-order valence-corrected chi connectivity index (χ1v) is 5.81. The van der Waals surface area contributed by atoms with Gasteiger partial charge in [-0.05, 0) is 13.3 Å². The lowest BCUT2D eigenvalue weighted by molar-refractivity contribution is -0.123. The number of carbonyl (C=O) groups excluding carboxylic acids is 1. The molecule has 0 aliphatic rings. The molecule has 1 N–H and O–H groups in total. The van der Waals surface area contributed by atoms with E-state index in [4.69, 9.17) is 0 Å². The molecule has 0 heterocycles. The Morgan fingerprint density at radius 3 is 2.07 bits per heavy atom. The lowest BCUT2D eigenvalue weighted by Crippen LogP contribution is -2.25. The first-order valence-electron chi connectivity index (χ1n) is 5.81. The van der Waals surface area contributed by atoms with Gasteiger partial charge in [0, 0.05) is 0 Å². The summed E-state index contributed by atoms with van der Waals surface area (Å²) in [5.41, 5.74) is -1.09. The van der Waals surface area contributed by atoms with Crippen LogP contribution in [0, 0.1) is 0 Å². The van der Waals surface area contributed by atoms with Crippen LogP contribution in [0.2, 0.25) is 0 Å². The monoisotopic (exact) mass is 200 g/mol. The predicted octanol–water partition coefficient (Wildman–Crippen LogP) is 3.08. The summed E-state index contributed by atoms with van der Waals surface area (Å²) in [4.78, 5) is 10.4. The van der Waals surface area contributed by atoms with E-state index >= 15 is 0 Å². The van der Waals surface area contributed by atoms with E-state index in [2.05, 4.69) is 6.92 Å². The summed E-state index contributed by atoms with van der Waals surface area (Å²) in [6.07, 6.45) is 9.78. The van der Waals surface area contributed by atoms with E-state index in [0.717, 1.165) is 12.8 Å². The maximum atomic E-state index is 10.4. The minimum atomic E-state index is -1.09. The molecule has 14 heavy (non-hydrogen) atoms. The van der Waals surface area contributed by atoms with Crippen LogP contribution in [0.4, 0.5) is 0 Å². The van der Waals surface area contributed by atoms with E-state index in [1.807, 2.05) is 0 Å². The molecule has 0 spiro atoms. The van der Waals surface area contributed by atoms with E-state index in [-0.39, 0.29) is 0 Å². The van der Waals surface area contributed by atoms with Gasteiger partial charge in [0.05, 0.1) is 0 Å². The molecule has 0 aromatic carbocycles. The lowest BCUT2D eigenvalue weighted by atomic mass is 9.99. The maximum absolute atomic E-state index is 10.4. The minimum Gasteiger partial charge on any atom is -0.383 e. The topological polar surface area (TPSA) is 37.3 Å². The Morgan fingerprint density at radius 2 is 1.57 bits per heavy atom. The van der Waals surface area contributed by atoms with E-state index in [1.54, 1.807) is 6.92 Å². The minimum absolute atomic E-state index is 0.601. The lowest BCUT2D eigenvalue weighted by Gasteiger charge is -2.14. The van der Waals surface area contributed by atoms with Crippen LogP contribution in [0.3, 0.4) is 0 Å². The predicted molar refractivity (Wildman–Crippen MR) is 59.3 cm³/mol. The smallest absolute Gasteiger partial charge is 0.151 e. The fraction of sp³-hybridized carbons (Fsp3) is 0.917. The molecular weight excluding hydrogens is 176 g/mol. The fourth-order valence-corrected chi connectivity index (χ4v) is 1.50. The van der Waals surface area contributed by atoms with Crippen LogP contribution in [0.25, 0.3) is 0 Å². The number of unbranched alkanes of at least 4 members (excludes halogenated alkanes) is 6. The van der Waals surface area contributed by atoms with Gasteiger partial charge < -0.3 is 9.90 Å². The number of hydrogen-bond acceptors (Lipinski definition) is 2. The summed E-state index contributed by atoms with van der Waals surface area (Å²) < 4.78 is 0. The Labute approximate surface area is 87.7 Å². The van der Waals surface area contributed by atoms with Crippen LogP contribution < -0.4 is 0 Å². The average Bonchev–Trinajstić information content (AvgIpc) is 2.16. The van der Waals surface area contributed by atoms with Gasteiger partial charge in [-0.25, -0.2) is 0 Å². The molecule has 0 radical (unpaired) electrons. The van der Waals surface area contributed by atoms with Crippen molar-refractivity contribution < 1.29 is 9.90 Å². The largest absolute Gasteiger partial charge is 0.383 e. The van der Waals surface area contributed by atoms with Crippen molar-refractivity contribution in [1.82, 2.24) is 0 Å². The Bertz CT molecular complexity index is 141. The molecule has 0 saturated carbocycles. The van der Waals surface area contributed by atoms with E-state index in [9.17, 15) is 9.90 Å². The summed E-state index contributed by atoms with van der Waals surface area (Å²) >= 11 is 0. The number of aliphatic hydroxyl groups is 1. The summed E-state index contributed by atoms with van der Waals surface area (Å²) in [5, 5.41) is 9.40. The Balaban J connectivity index is 3.17. The van der Waals surface area contributed by atoms with Crippen molar-refractivity contribution in [2.24, 2.45) is 0 Å². The van der Waals surface area contributed by atoms with Crippen LogP contribution in [0.5, 0.6) is 0 Å². The van der Waals surface area contributed by atoms with E-state index in [0.29, 0.717) is 12.7 Å². The number of hydrogen-bond donors (Lipinski definition) is 1. The summed E-state index contributed by atoms with van der Waals surface area (Å²) in [5.74, 6) is 0. The SMILES string of the molecule is CCCCCCCCCC(C)(O)C=O. The van der Waals surface area contributed by atoms with Crippen molar-refractivity contribution in [2.75, 3.05) is 0 Å². The number of carbonyl (C=O) groups is 1. The highest BCUT2D eigenvalue weighted by Gasteiger charge is 2.17. The maximum Gasteiger partial charge on any atom is 0.151 e. The number of aldehydes is 1. The summed E-state index contributed by atoms with van der Waals surface area (Å²) in [6.45, 7) is 3.79. The Hall–Kier alpha value is -0.370.